The van der Waals surface area contributed by atoms with E-state index in [9.17, 15) is 19.2 Å². The Labute approximate surface area is 226 Å². The summed E-state index contributed by atoms with van der Waals surface area (Å²) in [5, 5.41) is 4.90. The molecule has 5 amide bonds. The molecule has 1 aliphatic rings. The minimum atomic E-state index is -0.862. The van der Waals surface area contributed by atoms with E-state index in [0.717, 1.165) is 4.90 Å². The van der Waals surface area contributed by atoms with Crippen molar-refractivity contribution < 1.29 is 33.4 Å². The Morgan fingerprint density at radius 2 is 1.71 bits per heavy atom. The number of nitrogens with zero attached hydrogens (tertiary/aromatic N) is 1. The van der Waals surface area contributed by atoms with Crippen molar-refractivity contribution >= 4 is 57.1 Å². The van der Waals surface area contributed by atoms with Crippen molar-refractivity contribution in [1.29, 1.82) is 0 Å². The maximum Gasteiger partial charge on any atom is 0.335 e. The third-order valence-electron chi connectivity index (χ3n) is 5.40. The van der Waals surface area contributed by atoms with Gasteiger partial charge in [0.05, 0.1) is 24.4 Å². The summed E-state index contributed by atoms with van der Waals surface area (Å²) in [6.07, 6.45) is 1.33. The molecule has 1 aliphatic heterocycles. The van der Waals surface area contributed by atoms with Crippen molar-refractivity contribution in [1.82, 2.24) is 5.32 Å². The van der Waals surface area contributed by atoms with Crippen molar-refractivity contribution in [2.45, 2.75) is 0 Å². The molecule has 194 valence electrons. The van der Waals surface area contributed by atoms with E-state index in [1.807, 2.05) is 6.07 Å². The third-order valence-corrected chi connectivity index (χ3v) is 5.99. The van der Waals surface area contributed by atoms with Gasteiger partial charge in [0.15, 0.2) is 18.1 Å². The molecule has 1 saturated heterocycles. The van der Waals surface area contributed by atoms with Crippen molar-refractivity contribution in [3.63, 3.8) is 0 Å². The molecule has 0 bridgehead atoms. The van der Waals surface area contributed by atoms with Crippen LogP contribution in [0.1, 0.15) is 5.56 Å². The summed E-state index contributed by atoms with van der Waals surface area (Å²) in [5.41, 5.74) is 1.05. The summed E-state index contributed by atoms with van der Waals surface area (Å²) in [5.74, 6) is -0.946. The van der Waals surface area contributed by atoms with Crippen molar-refractivity contribution in [2.24, 2.45) is 0 Å². The minimum Gasteiger partial charge on any atom is -0.497 e. The molecule has 0 saturated carbocycles. The second-order valence-corrected chi connectivity index (χ2v) is 8.75. The molecule has 1 heterocycles. The van der Waals surface area contributed by atoms with E-state index in [4.69, 9.17) is 14.2 Å². The quantitative estimate of drug-likeness (QED) is 0.303. The van der Waals surface area contributed by atoms with E-state index in [0.29, 0.717) is 21.5 Å². The number of methoxy groups -OCH3 is 2. The lowest BCUT2D eigenvalue weighted by Crippen LogP contribution is -2.54. The molecule has 11 heteroatoms. The number of imide groups is 2. The molecule has 10 nitrogen and oxygen atoms in total. The number of nitrogens with one attached hydrogen (secondary N) is 2. The third kappa shape index (κ3) is 5.84. The van der Waals surface area contributed by atoms with Gasteiger partial charge in [-0.25, -0.2) is 9.69 Å². The van der Waals surface area contributed by atoms with Crippen molar-refractivity contribution in [3.8, 4) is 17.2 Å². The maximum absolute atomic E-state index is 13.2. The molecule has 0 radical (unpaired) electrons. The molecule has 3 aromatic carbocycles. The Kier molecular flexibility index (Phi) is 8.07. The molecule has 0 aromatic heterocycles. The monoisotopic (exact) mass is 579 g/mol. The highest BCUT2D eigenvalue weighted by atomic mass is 79.9. The van der Waals surface area contributed by atoms with Crippen molar-refractivity contribution in [3.05, 3.63) is 82.3 Å². The van der Waals surface area contributed by atoms with E-state index >= 15 is 0 Å². The molecule has 4 rings (SSSR count). The fraction of sp³-hybridized carbons (Fsp3) is 0.111. The number of rotatable bonds is 8. The molecule has 0 atom stereocenters. The van der Waals surface area contributed by atoms with Gasteiger partial charge in [-0.3, -0.25) is 19.7 Å². The number of amides is 5. The number of benzene rings is 3. The molecule has 3 aromatic rings. The van der Waals surface area contributed by atoms with Crippen LogP contribution in [0.5, 0.6) is 17.2 Å². The summed E-state index contributed by atoms with van der Waals surface area (Å²) < 4.78 is 16.6. The van der Waals surface area contributed by atoms with Crippen LogP contribution in [0.25, 0.3) is 6.08 Å². The van der Waals surface area contributed by atoms with Crippen LogP contribution in [0.2, 0.25) is 0 Å². The van der Waals surface area contributed by atoms with Crippen LogP contribution in [0, 0.1) is 0 Å². The maximum atomic E-state index is 13.2. The van der Waals surface area contributed by atoms with Crippen LogP contribution >= 0.6 is 15.9 Å². The van der Waals surface area contributed by atoms with E-state index in [-0.39, 0.29) is 35.3 Å². The van der Waals surface area contributed by atoms with Gasteiger partial charge >= 0.3 is 6.03 Å². The Morgan fingerprint density at radius 3 is 2.37 bits per heavy atom. The summed E-state index contributed by atoms with van der Waals surface area (Å²) in [7, 11) is 2.91. The van der Waals surface area contributed by atoms with Crippen LogP contribution in [-0.4, -0.2) is 44.6 Å². The second-order valence-electron chi connectivity index (χ2n) is 7.89. The Bertz CT molecular complexity index is 1420. The number of halogens is 1. The SMILES string of the molecule is COc1ccc(N2C(=O)NC(=O)/C(=C\c3cc(Br)c(OCC(=O)Nc4ccccc4)c(OC)c3)C2=O)cc1. The zero-order valence-corrected chi connectivity index (χ0v) is 21.9. The van der Waals surface area contributed by atoms with Crippen LogP contribution in [0.4, 0.5) is 16.2 Å². The van der Waals surface area contributed by atoms with Gasteiger partial charge in [0.2, 0.25) is 0 Å². The first kappa shape index (κ1) is 26.4. The second kappa shape index (κ2) is 11.6. The lowest BCUT2D eigenvalue weighted by atomic mass is 10.1. The highest BCUT2D eigenvalue weighted by Gasteiger charge is 2.37. The zero-order valence-electron chi connectivity index (χ0n) is 20.3. The number of para-hydroxylation sites is 1. The average molecular weight is 580 g/mol. The number of carbonyl (C=O) groups is 4. The molecule has 0 spiro atoms. The molecule has 0 unspecified atom stereocenters. The predicted octanol–water partition coefficient (Wildman–Crippen LogP) is 4.15. The highest BCUT2D eigenvalue weighted by molar-refractivity contribution is 9.10. The number of barbiturate groups is 1. The van der Waals surface area contributed by atoms with Gasteiger partial charge in [0, 0.05) is 5.69 Å². The summed E-state index contributed by atoms with van der Waals surface area (Å²) in [6.45, 7) is -0.288. The molecule has 2 N–H and O–H groups in total. The van der Waals surface area contributed by atoms with Gasteiger partial charge in [-0.05, 0) is 76.1 Å². The number of hydrogen-bond donors (Lipinski definition) is 2. The van der Waals surface area contributed by atoms with Gasteiger partial charge in [0.1, 0.15) is 11.3 Å². The fourth-order valence-electron chi connectivity index (χ4n) is 3.61. The lowest BCUT2D eigenvalue weighted by Gasteiger charge is -2.26. The molecular weight excluding hydrogens is 558 g/mol. The summed E-state index contributed by atoms with van der Waals surface area (Å²) in [6, 6.07) is 17.5. The number of anilines is 2. The number of carbonyl (C=O) groups excluding carboxylic acids is 4. The highest BCUT2D eigenvalue weighted by Crippen LogP contribution is 2.37. The largest absolute Gasteiger partial charge is 0.497 e. The summed E-state index contributed by atoms with van der Waals surface area (Å²) >= 11 is 3.39. The topological polar surface area (TPSA) is 123 Å². The van der Waals surface area contributed by atoms with Gasteiger partial charge in [0.25, 0.3) is 17.7 Å². The smallest absolute Gasteiger partial charge is 0.335 e. The first-order valence-electron chi connectivity index (χ1n) is 11.2. The number of ether oxygens (including phenoxy) is 3. The van der Waals surface area contributed by atoms with Gasteiger partial charge < -0.3 is 19.5 Å². The Hall–Kier alpha value is -4.64. The Balaban J connectivity index is 1.56. The minimum absolute atomic E-state index is 0.255. The predicted molar refractivity (Wildman–Crippen MR) is 143 cm³/mol. The average Bonchev–Trinajstić information content (AvgIpc) is 2.91. The normalized spacial score (nSPS) is 14.2. The van der Waals surface area contributed by atoms with Gasteiger partial charge in [-0.1, -0.05) is 18.2 Å². The van der Waals surface area contributed by atoms with E-state index in [2.05, 4.69) is 26.6 Å². The first-order chi connectivity index (χ1) is 18.3. The Morgan fingerprint density at radius 1 is 1.00 bits per heavy atom. The molecule has 1 fully saturated rings. The van der Waals surface area contributed by atoms with Crippen LogP contribution in [0.3, 0.4) is 0 Å². The first-order valence-corrected chi connectivity index (χ1v) is 12.0. The van der Waals surface area contributed by atoms with Gasteiger partial charge in [-0.2, -0.15) is 0 Å². The zero-order chi connectivity index (χ0) is 27.2. The van der Waals surface area contributed by atoms with E-state index < -0.39 is 17.8 Å². The molecular formula is C27H22BrN3O7. The number of hydrogen-bond acceptors (Lipinski definition) is 7. The molecule has 0 aliphatic carbocycles. The fourth-order valence-corrected chi connectivity index (χ4v) is 4.18. The van der Waals surface area contributed by atoms with E-state index in [1.165, 1.54) is 38.5 Å². The number of urea groups is 1. The standard InChI is InChI=1S/C27H22BrN3O7/c1-36-19-10-8-18(9-11-19)31-26(34)20(25(33)30-27(31)35)12-16-13-21(28)24(22(14-16)37-2)38-15-23(32)29-17-6-4-3-5-7-17/h3-14H,15H2,1-2H3,(H,29,32)(H,30,33,35)/b20-12+. The van der Waals surface area contributed by atoms with Gasteiger partial charge in [-0.15, -0.1) is 0 Å². The van der Waals surface area contributed by atoms with Crippen LogP contribution in [-0.2, 0) is 14.4 Å². The van der Waals surface area contributed by atoms with E-state index in [1.54, 1.807) is 42.5 Å². The lowest BCUT2D eigenvalue weighted by molar-refractivity contribution is -0.122. The van der Waals surface area contributed by atoms with Crippen LogP contribution in [0.15, 0.2) is 76.8 Å². The molecule has 38 heavy (non-hydrogen) atoms. The van der Waals surface area contributed by atoms with Crippen molar-refractivity contribution in [2.75, 3.05) is 31.0 Å². The van der Waals surface area contributed by atoms with Crippen LogP contribution < -0.4 is 29.7 Å². The summed E-state index contributed by atoms with van der Waals surface area (Å²) in [4.78, 5) is 51.3.